The van der Waals surface area contributed by atoms with Gasteiger partial charge in [-0.05, 0) is 77.0 Å². The first kappa shape index (κ1) is 55.6. The average Bonchev–Trinajstić information content (AvgIpc) is 3.25. The minimum absolute atomic E-state index is 0.123. The Morgan fingerprint density at radius 1 is 0.550 bits per heavy atom. The van der Waals surface area contributed by atoms with Crippen molar-refractivity contribution >= 4 is 5.97 Å². The summed E-state index contributed by atoms with van der Waals surface area (Å²) in [5.74, 6) is -0.325. The number of esters is 1. The summed E-state index contributed by atoms with van der Waals surface area (Å²) in [5.41, 5.74) is 0. The molecule has 1 fully saturated rings. The molecule has 6 unspecified atom stereocenters. The molecule has 0 aromatic heterocycles. The third-order valence-electron chi connectivity index (χ3n) is 10.6. The number of hydrogen-bond acceptors (Lipinski definition) is 9. The molecular formula is C51H88O9. The maximum absolute atomic E-state index is 12.8. The number of rotatable bonds is 40. The molecule has 1 saturated heterocycles. The molecule has 0 bridgehead atoms. The van der Waals surface area contributed by atoms with Gasteiger partial charge in [0, 0.05) is 13.0 Å². The van der Waals surface area contributed by atoms with E-state index in [4.69, 9.17) is 18.9 Å². The zero-order valence-electron chi connectivity index (χ0n) is 37.9. The van der Waals surface area contributed by atoms with Gasteiger partial charge >= 0.3 is 5.97 Å². The second kappa shape index (κ2) is 42.0. The van der Waals surface area contributed by atoms with E-state index in [0.29, 0.717) is 13.0 Å². The molecule has 60 heavy (non-hydrogen) atoms. The number of carbonyl (C=O) groups excluding carboxylic acids is 1. The second-order valence-electron chi connectivity index (χ2n) is 16.2. The lowest BCUT2D eigenvalue weighted by atomic mass is 9.99. The van der Waals surface area contributed by atoms with E-state index in [2.05, 4.69) is 86.8 Å². The van der Waals surface area contributed by atoms with Crippen LogP contribution in [0.3, 0.4) is 0 Å². The summed E-state index contributed by atoms with van der Waals surface area (Å²) in [6, 6.07) is 0. The Morgan fingerprint density at radius 3 is 1.53 bits per heavy atom. The van der Waals surface area contributed by atoms with E-state index >= 15 is 0 Å². The molecule has 1 aliphatic heterocycles. The summed E-state index contributed by atoms with van der Waals surface area (Å²) in [6.07, 6.45) is 47.8. The summed E-state index contributed by atoms with van der Waals surface area (Å²) in [4.78, 5) is 12.8. The van der Waals surface area contributed by atoms with E-state index in [-0.39, 0.29) is 19.2 Å². The zero-order chi connectivity index (χ0) is 43.6. The number of aliphatic hydroxyl groups is 4. The molecule has 0 radical (unpaired) electrons. The van der Waals surface area contributed by atoms with Crippen molar-refractivity contribution in [1.82, 2.24) is 0 Å². The van der Waals surface area contributed by atoms with Gasteiger partial charge in [-0.3, -0.25) is 4.79 Å². The van der Waals surface area contributed by atoms with Gasteiger partial charge in [0.25, 0.3) is 0 Å². The maximum Gasteiger partial charge on any atom is 0.306 e. The Bertz CT molecular complexity index is 1140. The van der Waals surface area contributed by atoms with Crippen LogP contribution in [0.4, 0.5) is 0 Å². The van der Waals surface area contributed by atoms with Crippen molar-refractivity contribution in [2.75, 3.05) is 26.4 Å². The Hall–Kier alpha value is -2.37. The van der Waals surface area contributed by atoms with Crippen molar-refractivity contribution in [2.24, 2.45) is 0 Å². The van der Waals surface area contributed by atoms with Gasteiger partial charge in [0.2, 0.25) is 0 Å². The molecule has 0 saturated carbocycles. The molecule has 0 aromatic rings. The fraction of sp³-hybridized carbons (Fsp3) is 0.745. The number of ether oxygens (including phenoxy) is 4. The minimum Gasteiger partial charge on any atom is -0.457 e. The lowest BCUT2D eigenvalue weighted by Crippen LogP contribution is -2.59. The molecule has 9 nitrogen and oxygen atoms in total. The summed E-state index contributed by atoms with van der Waals surface area (Å²) >= 11 is 0. The van der Waals surface area contributed by atoms with Crippen LogP contribution in [0.1, 0.15) is 181 Å². The number of unbranched alkanes of at least 4 members (excludes halogenated alkanes) is 17. The van der Waals surface area contributed by atoms with Crippen LogP contribution in [0, 0.1) is 0 Å². The number of allylic oxidation sites excluding steroid dienone is 12. The normalized spacial score (nSPS) is 20.7. The Kier molecular flexibility index (Phi) is 38.9. The van der Waals surface area contributed by atoms with Crippen LogP contribution in [-0.2, 0) is 23.7 Å². The van der Waals surface area contributed by atoms with Crippen molar-refractivity contribution in [3.05, 3.63) is 72.9 Å². The van der Waals surface area contributed by atoms with Gasteiger partial charge in [-0.15, -0.1) is 0 Å². The second-order valence-corrected chi connectivity index (χ2v) is 16.2. The molecule has 6 atom stereocenters. The first-order chi connectivity index (χ1) is 29.4. The fourth-order valence-corrected chi connectivity index (χ4v) is 6.87. The third kappa shape index (κ3) is 32.4. The highest BCUT2D eigenvalue weighted by Gasteiger charge is 2.44. The van der Waals surface area contributed by atoms with Crippen LogP contribution in [-0.4, -0.2) is 89.6 Å². The van der Waals surface area contributed by atoms with Crippen molar-refractivity contribution in [3.8, 4) is 0 Å². The smallest absolute Gasteiger partial charge is 0.306 e. The van der Waals surface area contributed by atoms with Crippen molar-refractivity contribution in [2.45, 2.75) is 218 Å². The van der Waals surface area contributed by atoms with E-state index < -0.39 is 43.4 Å². The van der Waals surface area contributed by atoms with Gasteiger partial charge < -0.3 is 39.4 Å². The summed E-state index contributed by atoms with van der Waals surface area (Å²) < 4.78 is 22.8. The SMILES string of the molecule is CC/C=C\C/C=C\C/C=C\C/C=C\CCCCCCCCCCCCC(=O)OC(COCCCCCCCC/C=C\C/C=C\CCC)COC1OC(CO)C(O)C(O)C1O. The molecule has 1 rings (SSSR count). The predicted molar refractivity (Wildman–Crippen MR) is 247 cm³/mol. The molecule has 9 heteroatoms. The quantitative estimate of drug-likeness (QED) is 0.0270. The monoisotopic (exact) mass is 845 g/mol. The van der Waals surface area contributed by atoms with Gasteiger partial charge in [-0.1, -0.05) is 170 Å². The Balaban J connectivity index is 2.22. The molecule has 0 amide bonds. The van der Waals surface area contributed by atoms with Crippen LogP contribution < -0.4 is 0 Å². The summed E-state index contributed by atoms with van der Waals surface area (Å²) in [6.45, 7) is 4.35. The van der Waals surface area contributed by atoms with Crippen LogP contribution in [0.15, 0.2) is 72.9 Å². The maximum atomic E-state index is 12.8. The highest BCUT2D eigenvalue weighted by Crippen LogP contribution is 2.22. The van der Waals surface area contributed by atoms with Gasteiger partial charge in [0.15, 0.2) is 6.29 Å². The summed E-state index contributed by atoms with van der Waals surface area (Å²) in [5, 5.41) is 40.2. The molecule has 4 N–H and O–H groups in total. The van der Waals surface area contributed by atoms with Gasteiger partial charge in [0.05, 0.1) is 19.8 Å². The van der Waals surface area contributed by atoms with E-state index in [1.54, 1.807) is 0 Å². The first-order valence-corrected chi connectivity index (χ1v) is 24.0. The van der Waals surface area contributed by atoms with Gasteiger partial charge in [-0.2, -0.15) is 0 Å². The van der Waals surface area contributed by atoms with Crippen molar-refractivity contribution < 1.29 is 44.2 Å². The Labute approximate surface area is 366 Å². The van der Waals surface area contributed by atoms with E-state index in [1.165, 1.54) is 70.6 Å². The zero-order valence-corrected chi connectivity index (χ0v) is 37.9. The fourth-order valence-electron chi connectivity index (χ4n) is 6.87. The van der Waals surface area contributed by atoms with Crippen LogP contribution in [0.25, 0.3) is 0 Å². The molecule has 1 aliphatic rings. The largest absolute Gasteiger partial charge is 0.457 e. The van der Waals surface area contributed by atoms with E-state index in [9.17, 15) is 25.2 Å². The van der Waals surface area contributed by atoms with E-state index in [0.717, 1.165) is 89.9 Å². The van der Waals surface area contributed by atoms with Crippen LogP contribution >= 0.6 is 0 Å². The molecule has 0 aromatic carbocycles. The molecule has 346 valence electrons. The molecule has 0 spiro atoms. The molecule has 0 aliphatic carbocycles. The van der Waals surface area contributed by atoms with E-state index in [1.807, 2.05) is 0 Å². The summed E-state index contributed by atoms with van der Waals surface area (Å²) in [7, 11) is 0. The number of carbonyl (C=O) groups is 1. The topological polar surface area (TPSA) is 135 Å². The number of aliphatic hydroxyl groups excluding tert-OH is 4. The average molecular weight is 845 g/mol. The molecular weight excluding hydrogens is 757 g/mol. The highest BCUT2D eigenvalue weighted by molar-refractivity contribution is 5.69. The first-order valence-electron chi connectivity index (χ1n) is 24.0. The third-order valence-corrected chi connectivity index (χ3v) is 10.6. The Morgan fingerprint density at radius 2 is 1.02 bits per heavy atom. The van der Waals surface area contributed by atoms with Crippen LogP contribution in [0.5, 0.6) is 0 Å². The van der Waals surface area contributed by atoms with Crippen molar-refractivity contribution in [1.29, 1.82) is 0 Å². The lowest BCUT2D eigenvalue weighted by Gasteiger charge is -2.39. The minimum atomic E-state index is -1.54. The number of hydrogen-bond donors (Lipinski definition) is 4. The van der Waals surface area contributed by atoms with Gasteiger partial charge in [-0.25, -0.2) is 0 Å². The predicted octanol–water partition coefficient (Wildman–Crippen LogP) is 11.3. The van der Waals surface area contributed by atoms with Gasteiger partial charge in [0.1, 0.15) is 30.5 Å². The lowest BCUT2D eigenvalue weighted by molar-refractivity contribution is -0.305. The van der Waals surface area contributed by atoms with Crippen LogP contribution in [0.2, 0.25) is 0 Å². The molecule has 1 heterocycles. The standard InChI is InChI=1S/C51H88O9/c1-3-5-7-9-11-13-15-17-19-20-21-22-23-24-25-26-27-28-30-32-34-36-38-40-47(53)59-45(44-58-51-50(56)49(55)48(54)46(42-52)60-51)43-57-41-39-37-35-33-31-29-18-16-14-12-10-8-6-4-2/h5,7-8,10-11,13-14,16-17,19,21-22,45-46,48-52,54-56H,3-4,6,9,12,15,18,20,23-44H2,1-2H3/b7-5-,10-8-,13-11-,16-14-,19-17-,22-21-. The highest BCUT2D eigenvalue weighted by atomic mass is 16.7. The van der Waals surface area contributed by atoms with Crippen molar-refractivity contribution in [3.63, 3.8) is 0 Å².